The summed E-state index contributed by atoms with van der Waals surface area (Å²) in [4.78, 5) is 7.82. The molecule has 0 saturated heterocycles. The van der Waals surface area contributed by atoms with Gasteiger partial charge in [-0.15, -0.1) is 0 Å². The maximum atomic E-state index is 6.49. The van der Waals surface area contributed by atoms with E-state index < -0.39 is 5.66 Å². The van der Waals surface area contributed by atoms with Crippen LogP contribution in [0.25, 0.3) is 10.9 Å². The maximum absolute atomic E-state index is 6.49. The molecular formula is C18H19N7. The van der Waals surface area contributed by atoms with Crippen LogP contribution in [-0.2, 0) is 5.66 Å². The Balaban J connectivity index is 1.42. The summed E-state index contributed by atoms with van der Waals surface area (Å²) in [7, 11) is 0. The minimum atomic E-state index is -0.977. The van der Waals surface area contributed by atoms with Gasteiger partial charge in [0.25, 0.3) is 0 Å². The second kappa shape index (κ2) is 5.22. The second-order valence-corrected chi connectivity index (χ2v) is 6.65. The van der Waals surface area contributed by atoms with E-state index in [2.05, 4.69) is 36.9 Å². The summed E-state index contributed by atoms with van der Waals surface area (Å²) in [6, 6.07) is 10.2. The Bertz CT molecular complexity index is 992. The number of anilines is 1. The zero-order valence-corrected chi connectivity index (χ0v) is 13.6. The van der Waals surface area contributed by atoms with Crippen LogP contribution in [0.5, 0.6) is 0 Å². The third-order valence-corrected chi connectivity index (χ3v) is 4.70. The molecule has 0 bridgehead atoms. The summed E-state index contributed by atoms with van der Waals surface area (Å²) < 4.78 is 0. The number of fused-ring (bicyclic) bond motifs is 1. The molecule has 2 aliphatic rings. The molecule has 0 radical (unpaired) electrons. The summed E-state index contributed by atoms with van der Waals surface area (Å²) >= 11 is 0. The van der Waals surface area contributed by atoms with Gasteiger partial charge in [0.1, 0.15) is 5.69 Å². The molecule has 1 atom stereocenters. The lowest BCUT2D eigenvalue weighted by Gasteiger charge is -2.25. The standard InChI is InChI=1S/C18H19N7/c19-18(16-10-15(24-25-16)11-1-2-11)6-8-21-17(23-18)22-13-3-4-14-12(9-13)5-7-20-14/h3-11,20H,1-2,19H2,(H,24,25)(H2,21,22,23). The van der Waals surface area contributed by atoms with E-state index >= 15 is 0 Å². The molecule has 0 spiro atoms. The number of hydrogen-bond donors (Lipinski definition) is 5. The maximum Gasteiger partial charge on any atom is 0.202 e. The van der Waals surface area contributed by atoms with Crippen LogP contribution < -0.4 is 16.4 Å². The van der Waals surface area contributed by atoms with Gasteiger partial charge in [0.15, 0.2) is 5.66 Å². The molecular weight excluding hydrogens is 314 g/mol. The van der Waals surface area contributed by atoms with Crippen molar-refractivity contribution in [2.45, 2.75) is 24.4 Å². The molecule has 25 heavy (non-hydrogen) atoms. The minimum absolute atomic E-state index is 0.593. The summed E-state index contributed by atoms with van der Waals surface area (Å²) in [5.74, 6) is 1.20. The highest BCUT2D eigenvalue weighted by atomic mass is 15.3. The van der Waals surface area contributed by atoms with Gasteiger partial charge >= 0.3 is 0 Å². The molecule has 7 nitrogen and oxygen atoms in total. The molecule has 1 fully saturated rings. The first-order valence-electron chi connectivity index (χ1n) is 8.43. The first kappa shape index (κ1) is 14.3. The predicted molar refractivity (Wildman–Crippen MR) is 98.1 cm³/mol. The lowest BCUT2D eigenvalue weighted by Crippen LogP contribution is -2.42. The number of benzene rings is 1. The van der Waals surface area contributed by atoms with Gasteiger partial charge in [0.2, 0.25) is 5.96 Å². The normalized spacial score (nSPS) is 22.7. The van der Waals surface area contributed by atoms with E-state index in [0.29, 0.717) is 11.9 Å². The summed E-state index contributed by atoms with van der Waals surface area (Å²) in [5.41, 5.74) is 9.43. The SMILES string of the molecule is NC1(c2cc(C3CC3)[nH]n2)C=CNC(Nc2ccc3[nH]ccc3c2)=N1. The van der Waals surface area contributed by atoms with E-state index in [0.717, 1.165) is 28.0 Å². The molecule has 1 saturated carbocycles. The Morgan fingerprint density at radius 1 is 1.20 bits per heavy atom. The molecule has 1 aromatic carbocycles. The van der Waals surface area contributed by atoms with Crippen LogP contribution in [-0.4, -0.2) is 21.1 Å². The van der Waals surface area contributed by atoms with E-state index in [-0.39, 0.29) is 0 Å². The first-order valence-corrected chi connectivity index (χ1v) is 8.43. The average molecular weight is 333 g/mol. The van der Waals surface area contributed by atoms with Gasteiger partial charge in [0.05, 0.1) is 0 Å². The van der Waals surface area contributed by atoms with Crippen LogP contribution in [0.1, 0.15) is 30.1 Å². The quantitative estimate of drug-likeness (QED) is 0.507. The number of aromatic amines is 2. The van der Waals surface area contributed by atoms with Gasteiger partial charge in [-0.1, -0.05) is 0 Å². The topological polar surface area (TPSA) is 107 Å². The molecule has 6 N–H and O–H groups in total. The van der Waals surface area contributed by atoms with Crippen molar-refractivity contribution in [2.24, 2.45) is 10.7 Å². The molecule has 0 amide bonds. The van der Waals surface area contributed by atoms with Crippen LogP contribution >= 0.6 is 0 Å². The third kappa shape index (κ3) is 2.58. The fraction of sp³-hybridized carbons (Fsp3) is 0.222. The number of H-pyrrole nitrogens is 2. The highest BCUT2D eigenvalue weighted by Gasteiger charge is 2.32. The van der Waals surface area contributed by atoms with Gasteiger partial charge in [-0.25, -0.2) is 4.99 Å². The van der Waals surface area contributed by atoms with E-state index in [1.54, 1.807) is 6.20 Å². The molecule has 3 heterocycles. The van der Waals surface area contributed by atoms with E-state index in [9.17, 15) is 0 Å². The van der Waals surface area contributed by atoms with Gasteiger partial charge in [0, 0.05) is 40.6 Å². The summed E-state index contributed by atoms with van der Waals surface area (Å²) in [5, 5.41) is 15.0. The number of nitrogens with two attached hydrogens (primary N) is 1. The second-order valence-electron chi connectivity index (χ2n) is 6.65. The predicted octanol–water partition coefficient (Wildman–Crippen LogP) is 2.46. The van der Waals surface area contributed by atoms with E-state index in [1.165, 1.54) is 12.8 Å². The fourth-order valence-corrected chi connectivity index (χ4v) is 3.12. The van der Waals surface area contributed by atoms with Crippen LogP contribution in [0.4, 0.5) is 5.69 Å². The number of aromatic nitrogens is 3. The molecule has 126 valence electrons. The van der Waals surface area contributed by atoms with Gasteiger partial charge in [-0.3, -0.25) is 10.8 Å². The highest BCUT2D eigenvalue weighted by Crippen LogP contribution is 2.40. The Morgan fingerprint density at radius 2 is 2.12 bits per heavy atom. The van der Waals surface area contributed by atoms with Crippen molar-refractivity contribution in [3.05, 3.63) is 60.2 Å². The summed E-state index contributed by atoms with van der Waals surface area (Å²) in [6.45, 7) is 0. The monoisotopic (exact) mass is 333 g/mol. The third-order valence-electron chi connectivity index (χ3n) is 4.70. The number of rotatable bonds is 3. The van der Waals surface area contributed by atoms with Crippen LogP contribution in [0.2, 0.25) is 0 Å². The van der Waals surface area contributed by atoms with Gasteiger partial charge in [-0.05, 0) is 49.2 Å². The molecule has 2 aromatic heterocycles. The zero-order valence-electron chi connectivity index (χ0n) is 13.6. The van der Waals surface area contributed by atoms with Crippen molar-refractivity contribution in [3.8, 4) is 0 Å². The fourth-order valence-electron chi connectivity index (χ4n) is 3.12. The Morgan fingerprint density at radius 3 is 3.00 bits per heavy atom. The van der Waals surface area contributed by atoms with E-state index in [1.807, 2.05) is 36.5 Å². The number of hydrogen-bond acceptors (Lipinski definition) is 5. The highest BCUT2D eigenvalue weighted by molar-refractivity contribution is 5.97. The number of nitrogens with one attached hydrogen (secondary N) is 4. The minimum Gasteiger partial charge on any atom is -0.361 e. The molecule has 1 aliphatic carbocycles. The summed E-state index contributed by atoms with van der Waals surface area (Å²) in [6.07, 6.45) is 7.98. The van der Waals surface area contributed by atoms with E-state index in [4.69, 9.17) is 5.73 Å². The van der Waals surface area contributed by atoms with Gasteiger partial charge < -0.3 is 15.6 Å². The van der Waals surface area contributed by atoms with Gasteiger partial charge in [-0.2, -0.15) is 5.10 Å². The molecule has 3 aromatic rings. The largest absolute Gasteiger partial charge is 0.361 e. The molecule has 7 heteroatoms. The number of aliphatic imine (C=N–C) groups is 1. The van der Waals surface area contributed by atoms with Crippen molar-refractivity contribution in [1.29, 1.82) is 0 Å². The molecule has 5 rings (SSSR count). The number of guanidine groups is 1. The smallest absolute Gasteiger partial charge is 0.202 e. The number of nitrogens with zero attached hydrogens (tertiary/aromatic N) is 2. The zero-order chi connectivity index (χ0) is 16.9. The van der Waals surface area contributed by atoms with Crippen molar-refractivity contribution in [1.82, 2.24) is 20.5 Å². The lowest BCUT2D eigenvalue weighted by atomic mass is 10.1. The van der Waals surface area contributed by atoms with Crippen molar-refractivity contribution in [2.75, 3.05) is 5.32 Å². The van der Waals surface area contributed by atoms with Crippen LogP contribution in [0, 0.1) is 0 Å². The van der Waals surface area contributed by atoms with Crippen molar-refractivity contribution in [3.63, 3.8) is 0 Å². The Kier molecular flexibility index (Phi) is 2.98. The van der Waals surface area contributed by atoms with Crippen LogP contribution in [0.15, 0.2) is 53.8 Å². The molecule has 1 unspecified atom stereocenters. The van der Waals surface area contributed by atoms with Crippen molar-refractivity contribution < 1.29 is 0 Å². The first-order chi connectivity index (χ1) is 12.2. The Labute approximate surface area is 144 Å². The van der Waals surface area contributed by atoms with Crippen molar-refractivity contribution >= 4 is 22.5 Å². The lowest BCUT2D eigenvalue weighted by molar-refractivity contribution is 0.561. The average Bonchev–Trinajstić information content (AvgIpc) is 3.15. The Hall–Kier alpha value is -3.06. The van der Waals surface area contributed by atoms with Crippen LogP contribution in [0.3, 0.4) is 0 Å². The molecule has 1 aliphatic heterocycles.